The summed E-state index contributed by atoms with van der Waals surface area (Å²) >= 11 is 0. The second-order valence-corrected chi connectivity index (χ2v) is 9.23. The zero-order valence-electron chi connectivity index (χ0n) is 20.8. The number of fused-ring (bicyclic) bond motifs is 6. The first-order valence-electron chi connectivity index (χ1n) is 12.4. The van der Waals surface area contributed by atoms with Gasteiger partial charge in [-0.25, -0.2) is 14.8 Å². The molecule has 8 nitrogen and oxygen atoms in total. The smallest absolute Gasteiger partial charge is 0.336 e. The van der Waals surface area contributed by atoms with Gasteiger partial charge in [-0.3, -0.25) is 14.8 Å². The van der Waals surface area contributed by atoms with E-state index in [0.717, 1.165) is 27.9 Å². The highest BCUT2D eigenvalue weighted by Gasteiger charge is 2.15. The monoisotopic (exact) mass is 522 g/mol. The van der Waals surface area contributed by atoms with Crippen LogP contribution < -0.4 is 4.74 Å². The molecule has 0 spiro atoms. The number of rotatable bonds is 5. The number of aromatic nitrogens is 4. The lowest BCUT2D eigenvalue weighted by atomic mass is 10.0. The molecular formula is C32H18N4O4. The molecular weight excluding hydrogens is 504 g/mol. The van der Waals surface area contributed by atoms with Gasteiger partial charge in [0.15, 0.2) is 0 Å². The van der Waals surface area contributed by atoms with Crippen LogP contribution in [-0.2, 0) is 4.79 Å². The van der Waals surface area contributed by atoms with Gasteiger partial charge in [-0.05, 0) is 48.5 Å². The van der Waals surface area contributed by atoms with Crippen molar-refractivity contribution in [3.63, 3.8) is 0 Å². The molecule has 0 aliphatic heterocycles. The lowest BCUT2D eigenvalue weighted by Gasteiger charge is -2.11. The Hall–Kier alpha value is -5.76. The molecule has 4 heterocycles. The van der Waals surface area contributed by atoms with Gasteiger partial charge in [0.25, 0.3) is 6.47 Å². The normalized spacial score (nSPS) is 11.3. The van der Waals surface area contributed by atoms with Crippen molar-refractivity contribution in [1.82, 2.24) is 19.9 Å². The van der Waals surface area contributed by atoms with Gasteiger partial charge in [-0.1, -0.05) is 36.4 Å². The molecule has 4 aromatic heterocycles. The number of carbonyl (C=O) groups is 2. The summed E-state index contributed by atoms with van der Waals surface area (Å²) in [4.78, 5) is 41.7. The third kappa shape index (κ3) is 3.78. The summed E-state index contributed by atoms with van der Waals surface area (Å²) < 4.78 is 5.19. The highest BCUT2D eigenvalue weighted by atomic mass is 16.5. The van der Waals surface area contributed by atoms with Crippen LogP contribution in [0.5, 0.6) is 5.75 Å². The molecule has 0 atom stereocenters. The number of carboxylic acids is 1. The molecule has 1 N–H and O–H groups in total. The Morgan fingerprint density at radius 3 is 1.90 bits per heavy atom. The van der Waals surface area contributed by atoms with Crippen LogP contribution in [0.1, 0.15) is 10.4 Å². The van der Waals surface area contributed by atoms with Crippen molar-refractivity contribution in [2.45, 2.75) is 0 Å². The van der Waals surface area contributed by atoms with Crippen LogP contribution in [0.3, 0.4) is 0 Å². The Kier molecular flexibility index (Phi) is 5.38. The van der Waals surface area contributed by atoms with Crippen molar-refractivity contribution in [3.8, 4) is 28.3 Å². The lowest BCUT2D eigenvalue weighted by molar-refractivity contribution is -0.120. The summed E-state index contributed by atoms with van der Waals surface area (Å²) in [6.45, 7) is 0.408. The Labute approximate surface area is 226 Å². The summed E-state index contributed by atoms with van der Waals surface area (Å²) in [6.07, 6.45) is 3.32. The van der Waals surface area contributed by atoms with Gasteiger partial charge < -0.3 is 9.84 Å². The van der Waals surface area contributed by atoms with E-state index in [2.05, 4.69) is 9.97 Å². The van der Waals surface area contributed by atoms with Crippen molar-refractivity contribution in [3.05, 3.63) is 103 Å². The average Bonchev–Trinajstić information content (AvgIpc) is 3.00. The van der Waals surface area contributed by atoms with E-state index in [1.165, 1.54) is 0 Å². The van der Waals surface area contributed by atoms with E-state index in [9.17, 15) is 14.7 Å². The Morgan fingerprint density at radius 2 is 1.27 bits per heavy atom. The minimum Gasteiger partial charge on any atom is -0.478 e. The Bertz CT molecular complexity index is 2160. The van der Waals surface area contributed by atoms with Gasteiger partial charge >= 0.3 is 5.97 Å². The number of ether oxygens (including phenoxy) is 1. The fourth-order valence-corrected chi connectivity index (χ4v) is 5.09. The van der Waals surface area contributed by atoms with Crippen LogP contribution in [0.2, 0.25) is 0 Å². The third-order valence-electron chi connectivity index (χ3n) is 6.92. The molecule has 0 unspecified atom stereocenters. The van der Waals surface area contributed by atoms with Crippen LogP contribution in [0.25, 0.3) is 66.1 Å². The van der Waals surface area contributed by atoms with E-state index >= 15 is 0 Å². The summed E-state index contributed by atoms with van der Waals surface area (Å²) in [5.74, 6) is -0.572. The molecule has 0 saturated heterocycles. The average molecular weight is 523 g/mol. The second kappa shape index (κ2) is 9.21. The number of hydrogen-bond acceptors (Lipinski definition) is 7. The van der Waals surface area contributed by atoms with Crippen LogP contribution in [0.15, 0.2) is 97.3 Å². The first kappa shape index (κ1) is 23.4. The maximum absolute atomic E-state index is 11.8. The van der Waals surface area contributed by atoms with Gasteiger partial charge in [-0.15, -0.1) is 0 Å². The van der Waals surface area contributed by atoms with E-state index in [-0.39, 0.29) is 5.56 Å². The highest BCUT2D eigenvalue weighted by molar-refractivity contribution is 6.13. The molecule has 0 amide bonds. The van der Waals surface area contributed by atoms with Crippen molar-refractivity contribution in [2.24, 2.45) is 0 Å². The Morgan fingerprint density at radius 1 is 0.675 bits per heavy atom. The molecule has 40 heavy (non-hydrogen) atoms. The van der Waals surface area contributed by atoms with E-state index in [1.54, 1.807) is 42.7 Å². The zero-order valence-corrected chi connectivity index (χ0v) is 20.8. The predicted octanol–water partition coefficient (Wildman–Crippen LogP) is 6.45. The fourth-order valence-electron chi connectivity index (χ4n) is 5.09. The molecule has 0 aliphatic carbocycles. The number of carboxylic acid groups (broad SMARTS) is 1. The first-order valence-corrected chi connectivity index (χ1v) is 12.4. The van der Waals surface area contributed by atoms with Gasteiger partial charge in [0, 0.05) is 45.1 Å². The van der Waals surface area contributed by atoms with E-state index in [4.69, 9.17) is 14.7 Å². The molecule has 3 aromatic carbocycles. The van der Waals surface area contributed by atoms with E-state index in [0.29, 0.717) is 50.4 Å². The summed E-state index contributed by atoms with van der Waals surface area (Å²) in [5.41, 5.74) is 5.98. The van der Waals surface area contributed by atoms with Gasteiger partial charge in [0.05, 0.1) is 33.5 Å². The van der Waals surface area contributed by atoms with Crippen LogP contribution in [-0.4, -0.2) is 37.5 Å². The van der Waals surface area contributed by atoms with E-state index < -0.39 is 5.97 Å². The van der Waals surface area contributed by atoms with Crippen molar-refractivity contribution < 1.29 is 19.4 Å². The molecule has 0 radical (unpaired) electrons. The van der Waals surface area contributed by atoms with Crippen LogP contribution >= 0.6 is 0 Å². The van der Waals surface area contributed by atoms with Crippen molar-refractivity contribution >= 4 is 56.1 Å². The quantitative estimate of drug-likeness (QED) is 0.203. The topological polar surface area (TPSA) is 115 Å². The van der Waals surface area contributed by atoms with Crippen LogP contribution in [0, 0.1) is 0 Å². The summed E-state index contributed by atoms with van der Waals surface area (Å²) in [7, 11) is 0. The number of aromatic carboxylic acids is 1. The van der Waals surface area contributed by atoms with Crippen molar-refractivity contribution in [2.75, 3.05) is 0 Å². The molecule has 0 fully saturated rings. The molecule has 0 aliphatic rings. The summed E-state index contributed by atoms with van der Waals surface area (Å²) in [5, 5.41) is 12.5. The molecule has 190 valence electrons. The zero-order chi connectivity index (χ0) is 27.2. The lowest BCUT2D eigenvalue weighted by Crippen LogP contribution is -2.00. The number of hydrogen-bond donors (Lipinski definition) is 1. The number of benzene rings is 3. The number of carbonyl (C=O) groups excluding carboxylic acids is 1. The fraction of sp³-hybridized carbons (Fsp3) is 0. The number of pyridine rings is 4. The van der Waals surface area contributed by atoms with Crippen molar-refractivity contribution in [1.29, 1.82) is 0 Å². The number of nitrogens with zero attached hydrogens (tertiary/aromatic N) is 4. The molecule has 7 rings (SSSR count). The van der Waals surface area contributed by atoms with Crippen LogP contribution in [0.4, 0.5) is 0 Å². The largest absolute Gasteiger partial charge is 0.478 e. The minimum absolute atomic E-state index is 0.196. The van der Waals surface area contributed by atoms with Gasteiger partial charge in [0.1, 0.15) is 11.3 Å². The highest BCUT2D eigenvalue weighted by Crippen LogP contribution is 2.34. The minimum atomic E-state index is -1.00. The maximum atomic E-state index is 11.8. The molecule has 8 heteroatoms. The SMILES string of the molecule is O=COc1cc2ccc(-c3cccc(-c4ccc5cc(C(=O)O)c6cccnc6c5n4)c3)nc2c2ncccc12. The maximum Gasteiger partial charge on any atom is 0.336 e. The van der Waals surface area contributed by atoms with Gasteiger partial charge in [0.2, 0.25) is 0 Å². The summed E-state index contributed by atoms with van der Waals surface area (Å²) in [6, 6.07) is 26.0. The third-order valence-corrected chi connectivity index (χ3v) is 6.92. The second-order valence-electron chi connectivity index (χ2n) is 9.23. The van der Waals surface area contributed by atoms with E-state index in [1.807, 2.05) is 54.6 Å². The predicted molar refractivity (Wildman–Crippen MR) is 152 cm³/mol. The van der Waals surface area contributed by atoms with Gasteiger partial charge in [-0.2, -0.15) is 0 Å². The molecule has 7 aromatic rings. The molecule has 0 saturated carbocycles. The Balaban J connectivity index is 1.36. The standard InChI is InChI=1S/C32H18N4O4/c37-17-40-27-16-21-9-11-26(36-29(21)31-23(27)7-3-13-34-31)19-5-1-4-18(14-19)25-10-8-20-15-24(32(38)39)22-6-2-12-33-30(22)28(20)35-25/h1-17H,(H,38,39). The molecule has 0 bridgehead atoms. The first-order chi connectivity index (χ1) is 19.6.